The third-order valence-corrected chi connectivity index (χ3v) is 5.33. The van der Waals surface area contributed by atoms with Crippen molar-refractivity contribution < 1.29 is 4.79 Å². The van der Waals surface area contributed by atoms with Gasteiger partial charge in [0.05, 0.1) is 5.41 Å². The fourth-order valence-corrected chi connectivity index (χ4v) is 3.94. The van der Waals surface area contributed by atoms with Crippen molar-refractivity contribution in [3.05, 3.63) is 34.3 Å². The third kappa shape index (κ3) is 3.50. The number of hydrogen-bond donors (Lipinski definition) is 1. The van der Waals surface area contributed by atoms with E-state index in [0.717, 1.165) is 43.4 Å². The van der Waals surface area contributed by atoms with E-state index in [-0.39, 0.29) is 17.8 Å². The second-order valence-corrected chi connectivity index (χ2v) is 7.33. The number of nitrogens with zero attached hydrogens (tertiary/aromatic N) is 1. The van der Waals surface area contributed by atoms with Gasteiger partial charge in [0, 0.05) is 17.6 Å². The van der Waals surface area contributed by atoms with E-state index in [2.05, 4.69) is 38.3 Å². The van der Waals surface area contributed by atoms with E-state index in [9.17, 15) is 4.79 Å². The monoisotopic (exact) mass is 386 g/mol. The molecule has 1 amide bonds. The molecule has 1 aromatic rings. The Balaban J connectivity index is 0.00000176. The maximum absolute atomic E-state index is 13.0. The van der Waals surface area contributed by atoms with Crippen molar-refractivity contribution in [3.8, 4) is 0 Å². The van der Waals surface area contributed by atoms with Crippen molar-refractivity contribution >= 4 is 34.2 Å². The summed E-state index contributed by atoms with van der Waals surface area (Å²) in [6.07, 6.45) is 4.35. The van der Waals surface area contributed by atoms with Crippen LogP contribution in [-0.4, -0.2) is 37.5 Å². The highest BCUT2D eigenvalue weighted by Crippen LogP contribution is 2.50. The van der Waals surface area contributed by atoms with Gasteiger partial charge in [-0.1, -0.05) is 28.1 Å². The largest absolute Gasteiger partial charge is 0.342 e. The lowest BCUT2D eigenvalue weighted by Crippen LogP contribution is -2.46. The lowest BCUT2D eigenvalue weighted by atomic mass is 9.91. The first-order valence-corrected chi connectivity index (χ1v) is 8.65. The highest BCUT2D eigenvalue weighted by Gasteiger charge is 2.53. The van der Waals surface area contributed by atoms with Crippen LogP contribution in [0.5, 0.6) is 0 Å². The maximum atomic E-state index is 13.0. The molecule has 0 radical (unpaired) electrons. The molecule has 122 valence electrons. The molecule has 1 unspecified atom stereocenters. The zero-order valence-electron chi connectivity index (χ0n) is 13.0. The zero-order chi connectivity index (χ0) is 14.9. The van der Waals surface area contributed by atoms with E-state index in [1.807, 2.05) is 19.2 Å². The molecule has 0 spiro atoms. The minimum Gasteiger partial charge on any atom is -0.342 e. The number of halogens is 2. The van der Waals surface area contributed by atoms with Crippen LogP contribution in [0.25, 0.3) is 0 Å². The van der Waals surface area contributed by atoms with E-state index >= 15 is 0 Å². The van der Waals surface area contributed by atoms with Gasteiger partial charge in [0.15, 0.2) is 0 Å². The van der Waals surface area contributed by atoms with Crippen LogP contribution in [0, 0.1) is 5.92 Å². The average Bonchev–Trinajstić information content (AvgIpc) is 3.29. The molecule has 22 heavy (non-hydrogen) atoms. The quantitative estimate of drug-likeness (QED) is 0.859. The second kappa shape index (κ2) is 7.33. The molecule has 1 aromatic carbocycles. The molecule has 2 fully saturated rings. The molecule has 3 nitrogen and oxygen atoms in total. The fourth-order valence-electron chi connectivity index (χ4n) is 3.54. The Morgan fingerprint density at radius 3 is 2.86 bits per heavy atom. The molecule has 2 aliphatic rings. The van der Waals surface area contributed by atoms with Crippen LogP contribution in [0.15, 0.2) is 28.7 Å². The molecule has 1 saturated heterocycles. The highest BCUT2D eigenvalue weighted by atomic mass is 79.9. The number of benzene rings is 1. The van der Waals surface area contributed by atoms with Crippen molar-refractivity contribution in [3.63, 3.8) is 0 Å². The van der Waals surface area contributed by atoms with Gasteiger partial charge in [0.25, 0.3) is 0 Å². The molecule has 0 aromatic heterocycles. The standard InChI is InChI=1S/C17H23BrN2O.ClH/c1-19-11-13-4-3-9-20(12-13)16(21)17(7-8-17)14-5-2-6-15(18)10-14;/h2,5-6,10,13,19H,3-4,7-9,11-12H2,1H3;1H. The molecule has 1 saturated carbocycles. The number of likely N-dealkylation sites (tertiary alicyclic amines) is 1. The Bertz CT molecular complexity index is 531. The molecule has 1 N–H and O–H groups in total. The van der Waals surface area contributed by atoms with Crippen LogP contribution >= 0.6 is 28.3 Å². The van der Waals surface area contributed by atoms with E-state index in [0.29, 0.717) is 11.8 Å². The third-order valence-electron chi connectivity index (χ3n) is 4.84. The number of carbonyl (C=O) groups excluding carboxylic acids is 1. The summed E-state index contributed by atoms with van der Waals surface area (Å²) in [5.41, 5.74) is 0.948. The molecule has 1 atom stereocenters. The molecular weight excluding hydrogens is 364 g/mol. The van der Waals surface area contributed by atoms with Crippen LogP contribution in [-0.2, 0) is 10.2 Å². The summed E-state index contributed by atoms with van der Waals surface area (Å²) < 4.78 is 1.06. The van der Waals surface area contributed by atoms with Gasteiger partial charge in [-0.25, -0.2) is 0 Å². The molecule has 1 heterocycles. The number of carbonyl (C=O) groups is 1. The van der Waals surface area contributed by atoms with Crippen LogP contribution in [0.2, 0.25) is 0 Å². The van der Waals surface area contributed by atoms with Crippen molar-refractivity contribution in [2.45, 2.75) is 31.1 Å². The van der Waals surface area contributed by atoms with Crippen molar-refractivity contribution in [1.82, 2.24) is 10.2 Å². The van der Waals surface area contributed by atoms with Gasteiger partial charge in [-0.15, -0.1) is 12.4 Å². The van der Waals surface area contributed by atoms with Crippen LogP contribution in [0.4, 0.5) is 0 Å². The van der Waals surface area contributed by atoms with Gasteiger partial charge < -0.3 is 10.2 Å². The van der Waals surface area contributed by atoms with E-state index < -0.39 is 0 Å². The van der Waals surface area contributed by atoms with Gasteiger partial charge in [-0.3, -0.25) is 4.79 Å². The predicted octanol–water partition coefficient (Wildman–Crippen LogP) is 3.36. The van der Waals surface area contributed by atoms with Gasteiger partial charge in [0.1, 0.15) is 0 Å². The van der Waals surface area contributed by atoms with Crippen molar-refractivity contribution in [1.29, 1.82) is 0 Å². The maximum Gasteiger partial charge on any atom is 0.233 e. The number of nitrogens with one attached hydrogen (secondary N) is 1. The molecule has 0 bridgehead atoms. The Hall–Kier alpha value is -0.580. The van der Waals surface area contributed by atoms with E-state index in [1.54, 1.807) is 0 Å². The van der Waals surface area contributed by atoms with Crippen LogP contribution in [0.1, 0.15) is 31.2 Å². The Morgan fingerprint density at radius 2 is 2.23 bits per heavy atom. The van der Waals surface area contributed by atoms with Gasteiger partial charge in [0.2, 0.25) is 5.91 Å². The smallest absolute Gasteiger partial charge is 0.233 e. The highest BCUT2D eigenvalue weighted by molar-refractivity contribution is 9.10. The fraction of sp³-hybridized carbons (Fsp3) is 0.588. The zero-order valence-corrected chi connectivity index (χ0v) is 15.4. The van der Waals surface area contributed by atoms with Crippen molar-refractivity contribution in [2.75, 3.05) is 26.7 Å². The normalized spacial score (nSPS) is 22.8. The van der Waals surface area contributed by atoms with E-state index in [1.165, 1.54) is 12.0 Å². The summed E-state index contributed by atoms with van der Waals surface area (Å²) in [6.45, 7) is 2.85. The minimum absolute atomic E-state index is 0. The Labute approximate surface area is 147 Å². The van der Waals surface area contributed by atoms with Gasteiger partial charge >= 0.3 is 0 Å². The number of rotatable bonds is 4. The lowest BCUT2D eigenvalue weighted by Gasteiger charge is -2.35. The SMILES string of the molecule is CNCC1CCCN(C(=O)C2(c3cccc(Br)c3)CC2)C1.Cl. The second-order valence-electron chi connectivity index (χ2n) is 6.41. The molecule has 1 aliphatic heterocycles. The van der Waals surface area contributed by atoms with Crippen LogP contribution in [0.3, 0.4) is 0 Å². The first kappa shape index (κ1) is 17.8. The summed E-state index contributed by atoms with van der Waals surface area (Å²) in [5.74, 6) is 0.951. The van der Waals surface area contributed by atoms with Gasteiger partial charge in [-0.05, 0) is 62.9 Å². The van der Waals surface area contributed by atoms with Gasteiger partial charge in [-0.2, -0.15) is 0 Å². The predicted molar refractivity (Wildman–Crippen MR) is 95.5 cm³/mol. The molecule has 3 rings (SSSR count). The minimum atomic E-state index is -0.231. The van der Waals surface area contributed by atoms with E-state index in [4.69, 9.17) is 0 Å². The van der Waals surface area contributed by atoms with Crippen molar-refractivity contribution in [2.24, 2.45) is 5.92 Å². The summed E-state index contributed by atoms with van der Waals surface area (Å²) >= 11 is 3.52. The number of hydrogen-bond acceptors (Lipinski definition) is 2. The average molecular weight is 388 g/mol. The number of amides is 1. The first-order chi connectivity index (χ1) is 10.2. The Kier molecular flexibility index (Phi) is 5.92. The first-order valence-electron chi connectivity index (χ1n) is 7.86. The van der Waals surface area contributed by atoms with Crippen LogP contribution < -0.4 is 5.32 Å². The summed E-state index contributed by atoms with van der Waals surface area (Å²) in [6, 6.07) is 8.27. The summed E-state index contributed by atoms with van der Waals surface area (Å²) in [7, 11) is 1.99. The number of piperidine rings is 1. The summed E-state index contributed by atoms with van der Waals surface area (Å²) in [5, 5.41) is 3.25. The Morgan fingerprint density at radius 1 is 1.45 bits per heavy atom. The lowest BCUT2D eigenvalue weighted by molar-refractivity contribution is -0.135. The molecule has 1 aliphatic carbocycles. The molecular formula is C17H24BrClN2O. The summed E-state index contributed by atoms with van der Waals surface area (Å²) in [4.78, 5) is 15.1. The topological polar surface area (TPSA) is 32.3 Å². The molecule has 5 heteroatoms.